The van der Waals surface area contributed by atoms with Crippen LogP contribution in [0, 0.1) is 0 Å². The van der Waals surface area contributed by atoms with E-state index >= 15 is 0 Å². The molecule has 2 nitrogen and oxygen atoms in total. The van der Waals surface area contributed by atoms with Crippen LogP contribution < -0.4 is 0 Å². The predicted molar refractivity (Wildman–Crippen MR) is 84.0 cm³/mol. The quantitative estimate of drug-likeness (QED) is 0.817. The normalized spacial score (nSPS) is 10.7. The first-order valence-corrected chi connectivity index (χ1v) is 6.91. The van der Waals surface area contributed by atoms with Gasteiger partial charge in [-0.2, -0.15) is 0 Å². The van der Waals surface area contributed by atoms with E-state index in [1.165, 1.54) is 5.56 Å². The van der Waals surface area contributed by atoms with Crippen LogP contribution in [0.2, 0.25) is 0 Å². The Kier molecular flexibility index (Phi) is 4.23. The van der Waals surface area contributed by atoms with Gasteiger partial charge in [0, 0.05) is 19.7 Å². The third-order valence-electron chi connectivity index (χ3n) is 3.43. The lowest BCUT2D eigenvalue weighted by atomic mass is 9.98. The zero-order valence-corrected chi connectivity index (χ0v) is 12.6. The predicted octanol–water partition coefficient (Wildman–Crippen LogP) is 4.18. The third kappa shape index (κ3) is 3.08. The van der Waals surface area contributed by atoms with Gasteiger partial charge in [0.1, 0.15) is 0 Å². The molecule has 0 N–H and O–H groups in total. The van der Waals surface area contributed by atoms with Crippen LogP contribution in [-0.2, 0) is 0 Å². The molecule has 0 aromatic heterocycles. The SMILES string of the molecule is CC(C)c1ccc(-c2cccc(C(=O)N(C)C)c2)cc1. The third-order valence-corrected chi connectivity index (χ3v) is 3.43. The molecule has 1 amide bonds. The number of amides is 1. The number of hydrogen-bond acceptors (Lipinski definition) is 1. The summed E-state index contributed by atoms with van der Waals surface area (Å²) in [6.45, 7) is 4.37. The second-order valence-corrected chi connectivity index (χ2v) is 5.56. The topological polar surface area (TPSA) is 20.3 Å². The number of hydrogen-bond donors (Lipinski definition) is 0. The van der Waals surface area contributed by atoms with Crippen molar-refractivity contribution in [1.29, 1.82) is 0 Å². The van der Waals surface area contributed by atoms with Crippen LogP contribution in [0.5, 0.6) is 0 Å². The van der Waals surface area contributed by atoms with Crippen molar-refractivity contribution in [2.24, 2.45) is 0 Å². The number of carbonyl (C=O) groups excluding carboxylic acids is 1. The minimum absolute atomic E-state index is 0.0330. The molecule has 104 valence electrons. The van der Waals surface area contributed by atoms with Crippen molar-refractivity contribution in [1.82, 2.24) is 4.90 Å². The van der Waals surface area contributed by atoms with Gasteiger partial charge in [-0.05, 0) is 34.7 Å². The fourth-order valence-corrected chi connectivity index (χ4v) is 2.15. The van der Waals surface area contributed by atoms with Crippen molar-refractivity contribution in [3.63, 3.8) is 0 Å². The summed E-state index contributed by atoms with van der Waals surface area (Å²) in [5.74, 6) is 0.566. The minimum Gasteiger partial charge on any atom is -0.345 e. The van der Waals surface area contributed by atoms with Crippen molar-refractivity contribution in [3.05, 3.63) is 59.7 Å². The number of rotatable bonds is 3. The van der Waals surface area contributed by atoms with Gasteiger partial charge in [-0.15, -0.1) is 0 Å². The molecule has 2 heteroatoms. The van der Waals surface area contributed by atoms with Crippen molar-refractivity contribution >= 4 is 5.91 Å². The molecule has 0 fully saturated rings. The second-order valence-electron chi connectivity index (χ2n) is 5.56. The Bertz CT molecular complexity index is 597. The van der Waals surface area contributed by atoms with E-state index in [-0.39, 0.29) is 5.91 Å². The van der Waals surface area contributed by atoms with E-state index in [1.54, 1.807) is 19.0 Å². The summed E-state index contributed by atoms with van der Waals surface area (Å²) < 4.78 is 0. The van der Waals surface area contributed by atoms with Crippen LogP contribution >= 0.6 is 0 Å². The maximum absolute atomic E-state index is 12.0. The molecule has 2 aromatic carbocycles. The molecule has 0 saturated carbocycles. The Hall–Kier alpha value is -2.09. The van der Waals surface area contributed by atoms with E-state index in [0.29, 0.717) is 5.92 Å². The van der Waals surface area contributed by atoms with Crippen molar-refractivity contribution in [2.75, 3.05) is 14.1 Å². The molecule has 0 heterocycles. The van der Waals surface area contributed by atoms with Crippen molar-refractivity contribution < 1.29 is 4.79 Å². The average Bonchev–Trinajstić information content (AvgIpc) is 2.46. The van der Waals surface area contributed by atoms with Gasteiger partial charge in [0.05, 0.1) is 0 Å². The van der Waals surface area contributed by atoms with Gasteiger partial charge in [-0.3, -0.25) is 4.79 Å². The van der Waals surface area contributed by atoms with Gasteiger partial charge >= 0.3 is 0 Å². The summed E-state index contributed by atoms with van der Waals surface area (Å²) in [5.41, 5.74) is 4.27. The van der Waals surface area contributed by atoms with E-state index in [4.69, 9.17) is 0 Å². The van der Waals surface area contributed by atoms with Crippen LogP contribution in [0.15, 0.2) is 48.5 Å². The first kappa shape index (κ1) is 14.3. The van der Waals surface area contributed by atoms with Crippen LogP contribution in [0.4, 0.5) is 0 Å². The van der Waals surface area contributed by atoms with E-state index in [9.17, 15) is 4.79 Å². The molecule has 0 radical (unpaired) electrons. The summed E-state index contributed by atoms with van der Waals surface area (Å²) in [6.07, 6.45) is 0. The summed E-state index contributed by atoms with van der Waals surface area (Å²) in [7, 11) is 3.54. The summed E-state index contributed by atoms with van der Waals surface area (Å²) in [6, 6.07) is 16.3. The lowest BCUT2D eigenvalue weighted by Gasteiger charge is -2.12. The molecule has 0 atom stereocenters. The zero-order valence-electron chi connectivity index (χ0n) is 12.6. The van der Waals surface area contributed by atoms with Gasteiger partial charge in [0.2, 0.25) is 0 Å². The first-order valence-electron chi connectivity index (χ1n) is 6.91. The lowest BCUT2D eigenvalue weighted by Crippen LogP contribution is -2.21. The van der Waals surface area contributed by atoms with Gasteiger partial charge in [0.15, 0.2) is 0 Å². The Labute approximate surface area is 121 Å². The molecule has 0 aliphatic rings. The molecule has 20 heavy (non-hydrogen) atoms. The van der Waals surface area contributed by atoms with Crippen LogP contribution in [-0.4, -0.2) is 24.9 Å². The molecule has 0 unspecified atom stereocenters. The van der Waals surface area contributed by atoms with E-state index in [0.717, 1.165) is 16.7 Å². The minimum atomic E-state index is 0.0330. The highest BCUT2D eigenvalue weighted by Crippen LogP contribution is 2.23. The van der Waals surface area contributed by atoms with Gasteiger partial charge in [-0.25, -0.2) is 0 Å². The maximum atomic E-state index is 12.0. The maximum Gasteiger partial charge on any atom is 0.253 e. The Morgan fingerprint density at radius 3 is 2.15 bits per heavy atom. The molecule has 0 spiro atoms. The van der Waals surface area contributed by atoms with Crippen molar-refractivity contribution in [3.8, 4) is 11.1 Å². The number of benzene rings is 2. The Balaban J connectivity index is 2.33. The van der Waals surface area contributed by atoms with E-state index in [2.05, 4.69) is 38.1 Å². The average molecular weight is 267 g/mol. The number of carbonyl (C=O) groups is 1. The summed E-state index contributed by atoms with van der Waals surface area (Å²) >= 11 is 0. The smallest absolute Gasteiger partial charge is 0.253 e. The lowest BCUT2D eigenvalue weighted by molar-refractivity contribution is 0.0827. The number of nitrogens with zero attached hydrogens (tertiary/aromatic N) is 1. The van der Waals surface area contributed by atoms with Gasteiger partial charge in [0.25, 0.3) is 5.91 Å². The van der Waals surface area contributed by atoms with Crippen LogP contribution in [0.3, 0.4) is 0 Å². The van der Waals surface area contributed by atoms with Crippen molar-refractivity contribution in [2.45, 2.75) is 19.8 Å². The summed E-state index contributed by atoms with van der Waals surface area (Å²) in [5, 5.41) is 0. The fraction of sp³-hybridized carbons (Fsp3) is 0.278. The zero-order chi connectivity index (χ0) is 14.7. The highest BCUT2D eigenvalue weighted by Gasteiger charge is 2.09. The molecular formula is C18H21NO. The Morgan fingerprint density at radius 1 is 0.950 bits per heavy atom. The Morgan fingerprint density at radius 2 is 1.60 bits per heavy atom. The molecule has 2 rings (SSSR count). The molecular weight excluding hydrogens is 246 g/mol. The van der Waals surface area contributed by atoms with E-state index in [1.807, 2.05) is 24.3 Å². The highest BCUT2D eigenvalue weighted by atomic mass is 16.2. The molecule has 0 saturated heterocycles. The molecule has 0 aliphatic heterocycles. The summed E-state index contributed by atoms with van der Waals surface area (Å²) in [4.78, 5) is 13.6. The van der Waals surface area contributed by atoms with Gasteiger partial charge in [-0.1, -0.05) is 50.2 Å². The fourth-order valence-electron chi connectivity index (χ4n) is 2.15. The molecule has 0 bridgehead atoms. The molecule has 0 aliphatic carbocycles. The second kappa shape index (κ2) is 5.91. The first-order chi connectivity index (χ1) is 9.49. The van der Waals surface area contributed by atoms with Gasteiger partial charge < -0.3 is 4.90 Å². The van der Waals surface area contributed by atoms with Crippen LogP contribution in [0.25, 0.3) is 11.1 Å². The van der Waals surface area contributed by atoms with Crippen LogP contribution in [0.1, 0.15) is 35.7 Å². The standard InChI is InChI=1S/C18H21NO/c1-13(2)14-8-10-15(11-9-14)16-6-5-7-17(12-16)18(20)19(3)4/h5-13H,1-4H3. The monoisotopic (exact) mass is 267 g/mol. The highest BCUT2D eigenvalue weighted by molar-refractivity contribution is 5.95. The molecule has 2 aromatic rings. The van der Waals surface area contributed by atoms with E-state index < -0.39 is 0 Å². The largest absolute Gasteiger partial charge is 0.345 e.